The zero-order valence-electron chi connectivity index (χ0n) is 12.1. The summed E-state index contributed by atoms with van der Waals surface area (Å²) in [5.41, 5.74) is 1.23. The van der Waals surface area contributed by atoms with E-state index in [2.05, 4.69) is 19.1 Å². The van der Waals surface area contributed by atoms with Gasteiger partial charge in [0, 0.05) is 6.61 Å². The van der Waals surface area contributed by atoms with Crippen molar-refractivity contribution in [1.29, 1.82) is 0 Å². The summed E-state index contributed by atoms with van der Waals surface area (Å²) in [7, 11) is 0. The first-order valence-corrected chi connectivity index (χ1v) is 6.75. The van der Waals surface area contributed by atoms with Crippen molar-refractivity contribution in [2.75, 3.05) is 19.8 Å². The molecule has 0 unspecified atom stereocenters. The van der Waals surface area contributed by atoms with Gasteiger partial charge in [0.05, 0.1) is 13.2 Å². The second kappa shape index (κ2) is 12.2. The van der Waals surface area contributed by atoms with Crippen LogP contribution in [0.2, 0.25) is 0 Å². The monoisotopic (exact) mass is 250 g/mol. The minimum absolute atomic E-state index is 0.695. The molecule has 0 N–H and O–H groups in total. The Hall–Kier alpha value is -1.28. The summed E-state index contributed by atoms with van der Waals surface area (Å²) in [4.78, 5) is 0. The van der Waals surface area contributed by atoms with Crippen LogP contribution < -0.4 is 4.74 Å². The number of hydrogen-bond donors (Lipinski definition) is 0. The van der Waals surface area contributed by atoms with Crippen molar-refractivity contribution in [3.05, 3.63) is 42.0 Å². The standard InChI is InChI=1S/C14H20O2.C2H6/c1-3-15-10-5-4-6-11-16-14-9-7-8-13(2)12-14;1-2/h4-5,7-9,12H,3,6,10-11H2,1-2H3;1-2H3/b5-4+;. The molecular formula is C16H26O2. The quantitative estimate of drug-likeness (QED) is 0.528. The normalized spacial score (nSPS) is 10.0. The average molecular weight is 250 g/mol. The summed E-state index contributed by atoms with van der Waals surface area (Å²) in [6.45, 7) is 10.2. The van der Waals surface area contributed by atoms with Gasteiger partial charge in [0.1, 0.15) is 5.75 Å². The van der Waals surface area contributed by atoms with Crippen molar-refractivity contribution < 1.29 is 9.47 Å². The van der Waals surface area contributed by atoms with Crippen LogP contribution in [0.3, 0.4) is 0 Å². The van der Waals surface area contributed by atoms with E-state index in [-0.39, 0.29) is 0 Å². The maximum absolute atomic E-state index is 5.60. The van der Waals surface area contributed by atoms with Crippen molar-refractivity contribution in [3.8, 4) is 5.75 Å². The Morgan fingerprint density at radius 3 is 2.61 bits per heavy atom. The van der Waals surface area contributed by atoms with Crippen molar-refractivity contribution in [2.24, 2.45) is 0 Å². The van der Waals surface area contributed by atoms with E-state index in [4.69, 9.17) is 9.47 Å². The van der Waals surface area contributed by atoms with Gasteiger partial charge in [0.15, 0.2) is 0 Å². The Labute approximate surface area is 112 Å². The Balaban J connectivity index is 0.00000137. The van der Waals surface area contributed by atoms with Crippen molar-refractivity contribution in [1.82, 2.24) is 0 Å². The molecule has 0 aromatic heterocycles. The lowest BCUT2D eigenvalue weighted by molar-refractivity contribution is 0.177. The molecule has 1 aromatic rings. The first-order chi connectivity index (χ1) is 8.83. The first-order valence-electron chi connectivity index (χ1n) is 6.75. The van der Waals surface area contributed by atoms with Crippen LogP contribution >= 0.6 is 0 Å². The molecule has 0 radical (unpaired) electrons. The first kappa shape index (κ1) is 16.7. The second-order valence-corrected chi connectivity index (χ2v) is 3.58. The summed E-state index contributed by atoms with van der Waals surface area (Å²) in [6.07, 6.45) is 5.04. The van der Waals surface area contributed by atoms with E-state index in [9.17, 15) is 0 Å². The van der Waals surface area contributed by atoms with E-state index >= 15 is 0 Å². The predicted molar refractivity (Wildman–Crippen MR) is 78.3 cm³/mol. The SMILES string of the molecule is CC.CCOC/C=C/CCOc1cccc(C)c1. The third kappa shape index (κ3) is 8.82. The van der Waals surface area contributed by atoms with Gasteiger partial charge in [-0.2, -0.15) is 0 Å². The van der Waals surface area contributed by atoms with E-state index in [1.807, 2.05) is 45.0 Å². The van der Waals surface area contributed by atoms with Gasteiger partial charge in [0.25, 0.3) is 0 Å². The number of aryl methyl sites for hydroxylation is 1. The van der Waals surface area contributed by atoms with Crippen molar-refractivity contribution >= 4 is 0 Å². The van der Waals surface area contributed by atoms with Gasteiger partial charge < -0.3 is 9.47 Å². The largest absolute Gasteiger partial charge is 0.493 e. The third-order valence-corrected chi connectivity index (χ3v) is 2.13. The van der Waals surface area contributed by atoms with Gasteiger partial charge in [0.2, 0.25) is 0 Å². The molecule has 0 heterocycles. The molecule has 0 bridgehead atoms. The molecule has 0 fully saturated rings. The molecule has 0 spiro atoms. The van der Waals surface area contributed by atoms with E-state index in [1.165, 1.54) is 5.56 Å². The Morgan fingerprint density at radius 1 is 1.17 bits per heavy atom. The molecule has 2 nitrogen and oxygen atoms in total. The lowest BCUT2D eigenvalue weighted by Crippen LogP contribution is -1.96. The van der Waals surface area contributed by atoms with Crippen LogP contribution in [0, 0.1) is 6.92 Å². The zero-order chi connectivity index (χ0) is 13.6. The molecule has 2 heteroatoms. The second-order valence-electron chi connectivity index (χ2n) is 3.58. The smallest absolute Gasteiger partial charge is 0.119 e. The fourth-order valence-corrected chi connectivity index (χ4v) is 1.32. The molecule has 0 aliphatic heterocycles. The Kier molecular flexibility index (Phi) is 11.3. The topological polar surface area (TPSA) is 18.5 Å². The molecule has 0 saturated heterocycles. The highest BCUT2D eigenvalue weighted by atomic mass is 16.5. The van der Waals surface area contributed by atoms with Gasteiger partial charge in [-0.05, 0) is 38.0 Å². The summed E-state index contributed by atoms with van der Waals surface area (Å²) >= 11 is 0. The number of ether oxygens (including phenoxy) is 2. The molecular weight excluding hydrogens is 224 g/mol. The van der Waals surface area contributed by atoms with E-state index in [0.717, 1.165) is 18.8 Å². The average Bonchev–Trinajstić information content (AvgIpc) is 2.40. The highest BCUT2D eigenvalue weighted by Gasteiger charge is 1.91. The molecule has 0 aliphatic rings. The number of rotatable bonds is 7. The van der Waals surface area contributed by atoms with E-state index in [1.54, 1.807) is 0 Å². The number of benzene rings is 1. The maximum Gasteiger partial charge on any atom is 0.119 e. The van der Waals surface area contributed by atoms with Crippen LogP contribution in [-0.4, -0.2) is 19.8 Å². The Bertz CT molecular complexity index is 319. The van der Waals surface area contributed by atoms with Crippen molar-refractivity contribution in [2.45, 2.75) is 34.1 Å². The fraction of sp³-hybridized carbons (Fsp3) is 0.500. The van der Waals surface area contributed by atoms with Crippen LogP contribution in [-0.2, 0) is 4.74 Å². The summed E-state index contributed by atoms with van der Waals surface area (Å²) in [5, 5.41) is 0. The van der Waals surface area contributed by atoms with Gasteiger partial charge in [-0.25, -0.2) is 0 Å². The molecule has 1 rings (SSSR count). The van der Waals surface area contributed by atoms with E-state index < -0.39 is 0 Å². The molecule has 0 aliphatic carbocycles. The van der Waals surface area contributed by atoms with Crippen LogP contribution in [0.1, 0.15) is 32.8 Å². The minimum Gasteiger partial charge on any atom is -0.493 e. The molecule has 1 aromatic carbocycles. The minimum atomic E-state index is 0.695. The van der Waals surface area contributed by atoms with Crippen LogP contribution in [0.5, 0.6) is 5.75 Å². The Morgan fingerprint density at radius 2 is 1.94 bits per heavy atom. The van der Waals surface area contributed by atoms with Gasteiger partial charge in [-0.15, -0.1) is 0 Å². The van der Waals surface area contributed by atoms with Gasteiger partial charge in [-0.1, -0.05) is 38.1 Å². The molecule has 0 amide bonds. The zero-order valence-corrected chi connectivity index (χ0v) is 12.1. The molecule has 18 heavy (non-hydrogen) atoms. The third-order valence-electron chi connectivity index (χ3n) is 2.13. The van der Waals surface area contributed by atoms with Gasteiger partial charge >= 0.3 is 0 Å². The highest BCUT2D eigenvalue weighted by Crippen LogP contribution is 2.12. The molecule has 0 saturated carbocycles. The predicted octanol–water partition coefficient (Wildman–Crippen LogP) is 4.38. The fourth-order valence-electron chi connectivity index (χ4n) is 1.32. The maximum atomic E-state index is 5.60. The van der Waals surface area contributed by atoms with Crippen LogP contribution in [0.15, 0.2) is 36.4 Å². The summed E-state index contributed by atoms with van der Waals surface area (Å²) in [5.74, 6) is 0.943. The lowest BCUT2D eigenvalue weighted by Gasteiger charge is -2.04. The van der Waals surface area contributed by atoms with Crippen molar-refractivity contribution in [3.63, 3.8) is 0 Å². The van der Waals surface area contributed by atoms with Gasteiger partial charge in [-0.3, -0.25) is 0 Å². The van der Waals surface area contributed by atoms with E-state index in [0.29, 0.717) is 13.2 Å². The van der Waals surface area contributed by atoms with Crippen LogP contribution in [0.25, 0.3) is 0 Å². The highest BCUT2D eigenvalue weighted by molar-refractivity contribution is 5.27. The summed E-state index contributed by atoms with van der Waals surface area (Å²) < 4.78 is 10.8. The molecule has 102 valence electrons. The molecule has 0 atom stereocenters. The lowest BCUT2D eigenvalue weighted by atomic mass is 10.2. The summed E-state index contributed by atoms with van der Waals surface area (Å²) in [6, 6.07) is 8.10. The number of hydrogen-bond acceptors (Lipinski definition) is 2. The van der Waals surface area contributed by atoms with Crippen LogP contribution in [0.4, 0.5) is 0 Å².